The Bertz CT molecular complexity index is 308. The molecule has 1 aromatic rings. The van der Waals surface area contributed by atoms with Crippen molar-refractivity contribution in [2.45, 2.75) is 12.5 Å². The predicted octanol–water partition coefficient (Wildman–Crippen LogP) is 1.90. The molecular formula is C11H13FO2. The van der Waals surface area contributed by atoms with Crippen LogP contribution < -0.4 is 0 Å². The zero-order valence-corrected chi connectivity index (χ0v) is 7.82. The topological polar surface area (TPSA) is 29.5 Å². The summed E-state index contributed by atoms with van der Waals surface area (Å²) in [4.78, 5) is 0. The molecule has 76 valence electrons. The fraction of sp³-hybridized carbons (Fsp3) is 0.455. The summed E-state index contributed by atoms with van der Waals surface area (Å²) in [7, 11) is 0. The Morgan fingerprint density at radius 1 is 1.50 bits per heavy atom. The van der Waals surface area contributed by atoms with Gasteiger partial charge in [0.15, 0.2) is 0 Å². The highest BCUT2D eigenvalue weighted by Crippen LogP contribution is 2.28. The smallest absolute Gasteiger partial charge is 0.123 e. The van der Waals surface area contributed by atoms with Gasteiger partial charge in [-0.15, -0.1) is 0 Å². The van der Waals surface area contributed by atoms with Crippen LogP contribution in [0.4, 0.5) is 4.39 Å². The van der Waals surface area contributed by atoms with E-state index in [2.05, 4.69) is 0 Å². The minimum atomic E-state index is -0.604. The molecule has 1 aromatic carbocycles. The number of hydrogen-bond donors (Lipinski definition) is 1. The van der Waals surface area contributed by atoms with Gasteiger partial charge in [-0.2, -0.15) is 0 Å². The molecular weight excluding hydrogens is 183 g/mol. The Hall–Kier alpha value is -0.930. The number of halogens is 1. The molecule has 1 N–H and O–H groups in total. The Kier molecular flexibility index (Phi) is 2.79. The molecule has 0 radical (unpaired) electrons. The van der Waals surface area contributed by atoms with Crippen molar-refractivity contribution in [3.05, 3.63) is 35.6 Å². The minimum absolute atomic E-state index is 0.108. The van der Waals surface area contributed by atoms with Gasteiger partial charge in [0.2, 0.25) is 0 Å². The van der Waals surface area contributed by atoms with Gasteiger partial charge in [-0.25, -0.2) is 4.39 Å². The van der Waals surface area contributed by atoms with Crippen molar-refractivity contribution in [2.24, 2.45) is 5.92 Å². The first kappa shape index (κ1) is 9.62. The monoisotopic (exact) mass is 196 g/mol. The van der Waals surface area contributed by atoms with Gasteiger partial charge < -0.3 is 9.84 Å². The standard InChI is InChI=1S/C11H13FO2/c12-10-3-1-2-8(6-10)11(13)9-4-5-14-7-9/h1-3,6,9,11,13H,4-5,7H2. The maximum absolute atomic E-state index is 12.9. The van der Waals surface area contributed by atoms with Crippen LogP contribution in [0.2, 0.25) is 0 Å². The highest BCUT2D eigenvalue weighted by Gasteiger charge is 2.25. The Balaban J connectivity index is 2.13. The summed E-state index contributed by atoms with van der Waals surface area (Å²) in [5, 5.41) is 9.90. The highest BCUT2D eigenvalue weighted by atomic mass is 19.1. The molecule has 2 atom stereocenters. The molecule has 0 amide bonds. The second-order valence-corrected chi connectivity index (χ2v) is 3.62. The van der Waals surface area contributed by atoms with Crippen LogP contribution in [-0.4, -0.2) is 18.3 Å². The third kappa shape index (κ3) is 1.94. The number of rotatable bonds is 2. The van der Waals surface area contributed by atoms with Gasteiger partial charge >= 0.3 is 0 Å². The van der Waals surface area contributed by atoms with E-state index in [4.69, 9.17) is 4.74 Å². The van der Waals surface area contributed by atoms with Crippen LogP contribution >= 0.6 is 0 Å². The summed E-state index contributed by atoms with van der Waals surface area (Å²) in [5.41, 5.74) is 0.639. The van der Waals surface area contributed by atoms with E-state index in [0.717, 1.165) is 6.42 Å². The van der Waals surface area contributed by atoms with Crippen LogP contribution in [0, 0.1) is 11.7 Å². The van der Waals surface area contributed by atoms with E-state index in [1.807, 2.05) is 0 Å². The lowest BCUT2D eigenvalue weighted by atomic mass is 9.95. The van der Waals surface area contributed by atoms with Crippen molar-refractivity contribution in [2.75, 3.05) is 13.2 Å². The van der Waals surface area contributed by atoms with Gasteiger partial charge in [-0.05, 0) is 24.1 Å². The second-order valence-electron chi connectivity index (χ2n) is 3.62. The number of aliphatic hydroxyl groups excluding tert-OH is 1. The molecule has 1 aliphatic rings. The number of hydrogen-bond acceptors (Lipinski definition) is 2. The van der Waals surface area contributed by atoms with Crippen molar-refractivity contribution >= 4 is 0 Å². The predicted molar refractivity (Wildman–Crippen MR) is 50.3 cm³/mol. The largest absolute Gasteiger partial charge is 0.388 e. The van der Waals surface area contributed by atoms with Crippen LogP contribution in [-0.2, 0) is 4.74 Å². The number of aliphatic hydroxyl groups is 1. The van der Waals surface area contributed by atoms with Crippen LogP contribution in [0.1, 0.15) is 18.1 Å². The Labute approximate surface area is 82.3 Å². The summed E-state index contributed by atoms with van der Waals surface area (Å²) in [5.74, 6) is -0.197. The van der Waals surface area contributed by atoms with Crippen molar-refractivity contribution in [1.82, 2.24) is 0 Å². The molecule has 0 spiro atoms. The molecule has 3 heteroatoms. The molecule has 1 heterocycles. The highest BCUT2D eigenvalue weighted by molar-refractivity contribution is 5.19. The average molecular weight is 196 g/mol. The molecule has 0 aromatic heterocycles. The van der Waals surface area contributed by atoms with E-state index in [1.165, 1.54) is 12.1 Å². The minimum Gasteiger partial charge on any atom is -0.388 e. The number of ether oxygens (including phenoxy) is 1. The Morgan fingerprint density at radius 3 is 3.00 bits per heavy atom. The molecule has 1 saturated heterocycles. The lowest BCUT2D eigenvalue weighted by Crippen LogP contribution is -2.12. The van der Waals surface area contributed by atoms with E-state index in [1.54, 1.807) is 12.1 Å². The van der Waals surface area contributed by atoms with Crippen LogP contribution in [0.3, 0.4) is 0 Å². The summed E-state index contributed by atoms with van der Waals surface area (Å²) in [6.07, 6.45) is 0.241. The normalized spacial score (nSPS) is 23.7. The molecule has 0 bridgehead atoms. The maximum atomic E-state index is 12.9. The van der Waals surface area contributed by atoms with Crippen molar-refractivity contribution in [3.63, 3.8) is 0 Å². The molecule has 1 aliphatic heterocycles. The fourth-order valence-electron chi connectivity index (χ4n) is 1.76. The zero-order valence-electron chi connectivity index (χ0n) is 7.82. The van der Waals surface area contributed by atoms with Gasteiger partial charge in [0.1, 0.15) is 5.82 Å². The molecule has 0 aliphatic carbocycles. The van der Waals surface area contributed by atoms with Crippen molar-refractivity contribution in [3.8, 4) is 0 Å². The van der Waals surface area contributed by atoms with Crippen LogP contribution in [0.25, 0.3) is 0 Å². The third-order valence-corrected chi connectivity index (χ3v) is 2.60. The van der Waals surface area contributed by atoms with Crippen molar-refractivity contribution in [1.29, 1.82) is 0 Å². The van der Waals surface area contributed by atoms with Gasteiger partial charge in [0, 0.05) is 12.5 Å². The van der Waals surface area contributed by atoms with E-state index < -0.39 is 6.10 Å². The molecule has 2 nitrogen and oxygen atoms in total. The summed E-state index contributed by atoms with van der Waals surface area (Å²) in [6, 6.07) is 6.11. The van der Waals surface area contributed by atoms with Gasteiger partial charge in [-0.3, -0.25) is 0 Å². The second kappa shape index (κ2) is 4.07. The molecule has 2 rings (SSSR count). The van der Waals surface area contributed by atoms with Crippen LogP contribution in [0.15, 0.2) is 24.3 Å². The molecule has 1 fully saturated rings. The van der Waals surface area contributed by atoms with Gasteiger partial charge in [0.05, 0.1) is 12.7 Å². The van der Waals surface area contributed by atoms with E-state index in [0.29, 0.717) is 18.8 Å². The zero-order chi connectivity index (χ0) is 9.97. The van der Waals surface area contributed by atoms with E-state index >= 15 is 0 Å². The lowest BCUT2D eigenvalue weighted by Gasteiger charge is -2.16. The molecule has 14 heavy (non-hydrogen) atoms. The van der Waals surface area contributed by atoms with E-state index in [9.17, 15) is 9.50 Å². The first-order valence-corrected chi connectivity index (χ1v) is 4.78. The first-order chi connectivity index (χ1) is 6.77. The summed E-state index contributed by atoms with van der Waals surface area (Å²) >= 11 is 0. The lowest BCUT2D eigenvalue weighted by molar-refractivity contribution is 0.0915. The number of benzene rings is 1. The molecule has 2 unspecified atom stereocenters. The summed E-state index contributed by atoms with van der Waals surface area (Å²) < 4.78 is 18.0. The van der Waals surface area contributed by atoms with Crippen LogP contribution in [0.5, 0.6) is 0 Å². The van der Waals surface area contributed by atoms with Gasteiger partial charge in [0.25, 0.3) is 0 Å². The maximum Gasteiger partial charge on any atom is 0.123 e. The van der Waals surface area contributed by atoms with E-state index in [-0.39, 0.29) is 11.7 Å². The van der Waals surface area contributed by atoms with Gasteiger partial charge in [-0.1, -0.05) is 12.1 Å². The van der Waals surface area contributed by atoms with Crippen molar-refractivity contribution < 1.29 is 14.2 Å². The Morgan fingerprint density at radius 2 is 2.36 bits per heavy atom. The first-order valence-electron chi connectivity index (χ1n) is 4.78. The summed E-state index contributed by atoms with van der Waals surface area (Å²) in [6.45, 7) is 1.26. The fourth-order valence-corrected chi connectivity index (χ4v) is 1.76. The quantitative estimate of drug-likeness (QED) is 0.782. The third-order valence-electron chi connectivity index (χ3n) is 2.60. The average Bonchev–Trinajstić information content (AvgIpc) is 2.69. The SMILES string of the molecule is OC(c1cccc(F)c1)C1CCOC1. The molecule has 0 saturated carbocycles.